The van der Waals surface area contributed by atoms with E-state index in [-0.39, 0.29) is 78.1 Å². The lowest BCUT2D eigenvalue weighted by Gasteiger charge is -2.56. The van der Waals surface area contributed by atoms with Crippen molar-refractivity contribution in [1.29, 1.82) is 0 Å². The van der Waals surface area contributed by atoms with Crippen LogP contribution in [0.3, 0.4) is 0 Å². The second kappa shape index (κ2) is 26.3. The quantitative estimate of drug-likeness (QED) is 0.0480. The van der Waals surface area contributed by atoms with Crippen LogP contribution >= 0.6 is 0 Å². The van der Waals surface area contributed by atoms with Crippen LogP contribution in [-0.2, 0) is 46.0 Å². The molecule has 1 saturated carbocycles. The van der Waals surface area contributed by atoms with E-state index in [1.807, 2.05) is 36.4 Å². The van der Waals surface area contributed by atoms with Crippen LogP contribution in [0.1, 0.15) is 172 Å². The van der Waals surface area contributed by atoms with E-state index in [4.69, 9.17) is 47.4 Å². The standard InChI is InChI=1S/C37H45NO6.C25H24N2O7.C18H24O2.2CH4/c1-7-21-17-29(31-23-16-20(2)8-10-24(23)36(3,4)44-30(31)18-21)42-35(39)41-28-13-11-25-26-19-22-9-12-27(40-6)33-32(22)37(25,34(28)43-33)14-15-38(26)5;1-26-12-11-25-17-8-10-20(33-24(28)32-16-6-4-15(5-7-16)27(29)30)23(25)34-22-19(31-2)9-3-14(21(22)25)13-18(17)26;1-5-12-9-15(19)17-13-8-11(2)6-7-14(13)18(3,4)20-16(17)10-12;;/h9,11-13,17-18,20,23-26,28,34H,7-8,10,14-16,19H2,1-6H3;3-10,17-18,20,23H,11-13H2,1-2H3;8-10,13-14,19H,5-7H2,1-4H3;2*1H4/t20?,23-,24-,25-,26+,28-,34-,37-;17-,18+,20-,23-,25-;13-,14-;;/m000../s1. The number of fused-ring (bicyclic) bond motifs is 6. The zero-order chi connectivity index (χ0) is 68.6. The second-order valence-corrected chi connectivity index (χ2v) is 30.8. The number of phenols is 1. The third kappa shape index (κ3) is 11.3. The number of ether oxygens (including phenoxy) is 10. The summed E-state index contributed by atoms with van der Waals surface area (Å²) >= 11 is 0. The largest absolute Gasteiger partial charge is 0.514 e. The monoisotopic (exact) mass is 1370 g/mol. The average molecular weight is 1370 g/mol. The summed E-state index contributed by atoms with van der Waals surface area (Å²) in [5.41, 5.74) is 9.57. The van der Waals surface area contributed by atoms with Gasteiger partial charge in [-0.2, -0.15) is 0 Å². The Hall–Kier alpha value is -8.22. The number of carbonyl (C=O) groups is 2. The van der Waals surface area contributed by atoms with Gasteiger partial charge in [-0.05, 0) is 221 Å². The molecular formula is C82H101N3O15. The molecule has 6 aliphatic carbocycles. The fourth-order valence-electron chi connectivity index (χ4n) is 20.1. The van der Waals surface area contributed by atoms with Gasteiger partial charge < -0.3 is 62.3 Å². The molecule has 1 unspecified atom stereocenters. The zero-order valence-corrected chi connectivity index (χ0v) is 58.5. The van der Waals surface area contributed by atoms with Crippen LogP contribution in [0, 0.1) is 39.7 Å². The van der Waals surface area contributed by atoms with Crippen LogP contribution in [-0.4, -0.2) is 121 Å². The molecule has 18 heteroatoms. The summed E-state index contributed by atoms with van der Waals surface area (Å²) in [7, 11) is 7.71. The van der Waals surface area contributed by atoms with Crippen molar-refractivity contribution in [3.63, 3.8) is 0 Å². The van der Waals surface area contributed by atoms with Crippen molar-refractivity contribution in [2.24, 2.45) is 29.6 Å². The Morgan fingerprint density at radius 2 is 1.18 bits per heavy atom. The summed E-state index contributed by atoms with van der Waals surface area (Å²) in [5.74, 6) is 8.36. The van der Waals surface area contributed by atoms with Gasteiger partial charge in [-0.15, -0.1) is 0 Å². The predicted octanol–water partition coefficient (Wildman–Crippen LogP) is 16.4. The summed E-state index contributed by atoms with van der Waals surface area (Å²) in [5, 5.41) is 21.3. The van der Waals surface area contributed by atoms with E-state index in [0.29, 0.717) is 47.1 Å². The van der Waals surface area contributed by atoms with Crippen molar-refractivity contribution in [2.75, 3.05) is 41.4 Å². The first-order chi connectivity index (χ1) is 47.0. The van der Waals surface area contributed by atoms with Crippen LogP contribution in [0.4, 0.5) is 15.3 Å². The van der Waals surface area contributed by atoms with Gasteiger partial charge in [-0.25, -0.2) is 9.59 Å². The number of likely N-dealkylation sites (tertiary alicyclic amines) is 2. The molecule has 100 heavy (non-hydrogen) atoms. The molecule has 5 aromatic rings. The molecule has 6 heterocycles. The minimum Gasteiger partial charge on any atom is -0.507 e. The number of likely N-dealkylation sites (N-methyl/N-ethyl adjacent to an activating group) is 2. The Bertz CT molecular complexity index is 4120. The minimum absolute atomic E-state index is 0. The highest BCUT2D eigenvalue weighted by Gasteiger charge is 2.67. The Kier molecular flexibility index (Phi) is 18.5. The highest BCUT2D eigenvalue weighted by Crippen LogP contribution is 2.65. The number of nitro benzene ring substituents is 1. The molecule has 3 fully saturated rings. The summed E-state index contributed by atoms with van der Waals surface area (Å²) in [6.45, 7) is 19.4. The van der Waals surface area contributed by atoms with Gasteiger partial charge in [0.05, 0.1) is 19.1 Å². The van der Waals surface area contributed by atoms with E-state index in [9.17, 15) is 24.8 Å². The number of rotatable bonds is 9. The summed E-state index contributed by atoms with van der Waals surface area (Å²) in [4.78, 5) is 41.7. The lowest BCUT2D eigenvalue weighted by atomic mass is 9.53. The van der Waals surface area contributed by atoms with Crippen molar-refractivity contribution in [1.82, 2.24) is 9.80 Å². The van der Waals surface area contributed by atoms with Gasteiger partial charge in [0, 0.05) is 86.9 Å². The number of methoxy groups -OCH3 is 2. The molecule has 12 aliphatic rings. The Morgan fingerprint density at radius 1 is 0.660 bits per heavy atom. The molecular weight excluding hydrogens is 1270 g/mol. The van der Waals surface area contributed by atoms with E-state index in [1.54, 1.807) is 14.2 Å². The third-order valence-corrected chi connectivity index (χ3v) is 24.8. The third-order valence-electron chi connectivity index (χ3n) is 24.8. The number of carbonyl (C=O) groups excluding carboxylic acids is 2. The molecule has 2 saturated heterocycles. The number of allylic oxidation sites excluding steroid dienone is 2. The summed E-state index contributed by atoms with van der Waals surface area (Å²) < 4.78 is 61.1. The molecule has 4 bridgehead atoms. The Morgan fingerprint density at radius 3 is 1.71 bits per heavy atom. The molecule has 0 aromatic heterocycles. The molecule has 17 rings (SSSR count). The molecule has 6 aliphatic heterocycles. The first-order valence-corrected chi connectivity index (χ1v) is 35.6. The van der Waals surface area contributed by atoms with Crippen LogP contribution < -0.4 is 37.9 Å². The number of hydrogen-bond donors (Lipinski definition) is 1. The zero-order valence-electron chi connectivity index (χ0n) is 58.5. The lowest BCUT2D eigenvalue weighted by molar-refractivity contribution is -0.384. The molecule has 1 N–H and O–H groups in total. The first-order valence-electron chi connectivity index (χ1n) is 35.6. The molecule has 18 nitrogen and oxygen atoms in total. The van der Waals surface area contributed by atoms with E-state index in [2.05, 4.69) is 122 Å². The number of piperidine rings is 2. The number of non-ortho nitro benzene ring substituents is 1. The fourth-order valence-corrected chi connectivity index (χ4v) is 20.1. The average Bonchev–Trinajstić information content (AvgIpc) is 1.49. The topological polar surface area (TPSA) is 196 Å². The van der Waals surface area contributed by atoms with Gasteiger partial charge in [-0.3, -0.25) is 10.1 Å². The van der Waals surface area contributed by atoms with Crippen LogP contribution in [0.15, 0.2) is 109 Å². The number of nitrogens with zero attached hydrogens (tertiary/aromatic N) is 3. The molecule has 534 valence electrons. The van der Waals surface area contributed by atoms with Gasteiger partial charge >= 0.3 is 12.3 Å². The summed E-state index contributed by atoms with van der Waals surface area (Å²) in [6.07, 6.45) is 18.3. The number of aromatic hydroxyl groups is 1. The van der Waals surface area contributed by atoms with Gasteiger partial charge in [0.15, 0.2) is 35.2 Å². The maximum Gasteiger partial charge on any atom is 0.514 e. The number of nitro groups is 1. The highest BCUT2D eigenvalue weighted by molar-refractivity contribution is 5.70. The van der Waals surface area contributed by atoms with Crippen molar-refractivity contribution in [3.8, 4) is 51.7 Å². The maximum absolute atomic E-state index is 13.8. The van der Waals surface area contributed by atoms with Crippen molar-refractivity contribution >= 4 is 18.0 Å². The minimum atomic E-state index is -0.884. The van der Waals surface area contributed by atoms with E-state index < -0.39 is 35.5 Å². The van der Waals surface area contributed by atoms with Crippen LogP contribution in [0.5, 0.6) is 51.7 Å². The predicted molar refractivity (Wildman–Crippen MR) is 382 cm³/mol. The molecule has 0 radical (unpaired) electrons. The number of hydrogen-bond acceptors (Lipinski definition) is 17. The molecule has 0 amide bonds. The maximum atomic E-state index is 13.8. The number of phenolic OH excluding ortho intramolecular Hbond substituents is 1. The molecule has 15 atom stereocenters. The van der Waals surface area contributed by atoms with E-state index in [1.165, 1.54) is 58.5 Å². The lowest BCUT2D eigenvalue weighted by Crippen LogP contribution is -2.65. The number of benzene rings is 5. The summed E-state index contributed by atoms with van der Waals surface area (Å²) in [6, 6.07) is 22.5. The SMILES string of the molecule is C.C.CCc1cc(O)c2c(c1)OC(C)(C)[C@H]1CCC(C)=C[C@H]21.CCc1cc(OC(=O)O[C@H]2C=C[C@H]3[C@H]4Cc5ccc(OC)c6c5[C@@]3(CCN4C)[C@H]2O6)c2c(c1)OC(C)(C)[C@H]1CCC(C)C[C@H]21.COc1ccc2c3c1O[C@H]1[C@@H](OC(=O)Oc4ccc([N+](=O)[O-])cc4)C=C[C@H]4[C@@H](C2)N(C)CC[C@@]341. The number of aryl methyl sites for hydroxylation is 2. The Labute approximate surface area is 589 Å². The van der Waals surface area contributed by atoms with E-state index in [0.717, 1.165) is 128 Å². The van der Waals surface area contributed by atoms with Gasteiger partial charge in [-0.1, -0.05) is 78.0 Å². The van der Waals surface area contributed by atoms with Gasteiger partial charge in [0.2, 0.25) is 0 Å². The van der Waals surface area contributed by atoms with Gasteiger partial charge in [0.1, 0.15) is 52.2 Å². The van der Waals surface area contributed by atoms with Crippen molar-refractivity contribution in [3.05, 3.63) is 163 Å². The fraction of sp³-hybridized carbons (Fsp3) is 0.537. The highest BCUT2D eigenvalue weighted by atomic mass is 16.7. The molecule has 5 aromatic carbocycles. The van der Waals surface area contributed by atoms with Crippen LogP contribution in [0.25, 0.3) is 0 Å². The van der Waals surface area contributed by atoms with Crippen molar-refractivity contribution < 1.29 is 67.0 Å². The molecule has 2 spiro atoms. The van der Waals surface area contributed by atoms with Gasteiger partial charge in [0.25, 0.3) is 5.69 Å². The Balaban J connectivity index is 0.000000142. The second-order valence-electron chi connectivity index (χ2n) is 30.8. The van der Waals surface area contributed by atoms with Crippen LogP contribution in [0.2, 0.25) is 0 Å². The van der Waals surface area contributed by atoms with E-state index >= 15 is 0 Å². The smallest absolute Gasteiger partial charge is 0.507 e. The van der Waals surface area contributed by atoms with Crippen molar-refractivity contribution in [2.45, 2.75) is 211 Å². The normalized spacial score (nSPS) is 31.2. The first kappa shape index (κ1) is 70.2.